The number of carbonyl (C=O) groups excluding carboxylic acids is 2. The number of aryl methyl sites for hydroxylation is 1. The Morgan fingerprint density at radius 2 is 2.33 bits per heavy atom. The van der Waals surface area contributed by atoms with Gasteiger partial charge < -0.3 is 15.5 Å². The number of nitrogens with one attached hydrogen (secondary N) is 2. The van der Waals surface area contributed by atoms with Gasteiger partial charge in [-0.2, -0.15) is 5.10 Å². The van der Waals surface area contributed by atoms with Crippen molar-refractivity contribution >= 4 is 11.8 Å². The molecule has 1 aliphatic heterocycles. The van der Waals surface area contributed by atoms with E-state index >= 15 is 0 Å². The van der Waals surface area contributed by atoms with Crippen LogP contribution in [0, 0.1) is 0 Å². The highest BCUT2D eigenvalue weighted by Gasteiger charge is 2.32. The van der Waals surface area contributed by atoms with Crippen LogP contribution in [-0.4, -0.2) is 59.2 Å². The van der Waals surface area contributed by atoms with Crippen LogP contribution < -0.4 is 10.6 Å². The molecule has 1 atom stereocenters. The van der Waals surface area contributed by atoms with E-state index in [9.17, 15) is 9.59 Å². The van der Waals surface area contributed by atoms with E-state index in [1.54, 1.807) is 29.9 Å². The molecular formula is C11H17N5O2. The van der Waals surface area contributed by atoms with E-state index in [4.69, 9.17) is 0 Å². The molecule has 0 radical (unpaired) electrons. The summed E-state index contributed by atoms with van der Waals surface area (Å²) < 4.78 is 1.57. The molecule has 0 bridgehead atoms. The Bertz CT molecular complexity index is 456. The molecule has 98 valence electrons. The number of piperazine rings is 1. The number of nitrogens with zero attached hydrogens (tertiary/aromatic N) is 3. The van der Waals surface area contributed by atoms with Crippen LogP contribution in [0.2, 0.25) is 0 Å². The van der Waals surface area contributed by atoms with E-state index < -0.39 is 6.04 Å². The molecule has 2 N–H and O–H groups in total. The van der Waals surface area contributed by atoms with Gasteiger partial charge in [0, 0.05) is 39.9 Å². The fourth-order valence-electron chi connectivity index (χ4n) is 2.05. The first-order chi connectivity index (χ1) is 8.63. The molecular weight excluding hydrogens is 234 g/mol. The Morgan fingerprint density at radius 1 is 1.56 bits per heavy atom. The van der Waals surface area contributed by atoms with E-state index in [0.29, 0.717) is 25.2 Å². The molecule has 0 spiro atoms. The predicted octanol–water partition coefficient (Wildman–Crippen LogP) is -1.42. The Kier molecular flexibility index (Phi) is 3.61. The van der Waals surface area contributed by atoms with Crippen LogP contribution in [-0.2, 0) is 11.8 Å². The SMILES string of the molecule is CNC(=O)C1CNCCN1C(=O)c1cnn(C)c1. The quantitative estimate of drug-likeness (QED) is 0.676. The molecule has 2 heterocycles. The van der Waals surface area contributed by atoms with Gasteiger partial charge >= 0.3 is 0 Å². The number of hydrogen-bond donors (Lipinski definition) is 2. The first-order valence-corrected chi connectivity index (χ1v) is 5.85. The Morgan fingerprint density at radius 3 is 2.94 bits per heavy atom. The van der Waals surface area contributed by atoms with Crippen molar-refractivity contribution in [3.63, 3.8) is 0 Å². The number of likely N-dealkylation sites (N-methyl/N-ethyl adjacent to an activating group) is 1. The van der Waals surface area contributed by atoms with Gasteiger partial charge in [-0.1, -0.05) is 0 Å². The summed E-state index contributed by atoms with van der Waals surface area (Å²) in [6, 6.07) is -0.462. The van der Waals surface area contributed by atoms with E-state index in [-0.39, 0.29) is 11.8 Å². The smallest absolute Gasteiger partial charge is 0.257 e. The van der Waals surface area contributed by atoms with Gasteiger partial charge in [0.2, 0.25) is 5.91 Å². The van der Waals surface area contributed by atoms with Crippen LogP contribution in [0.1, 0.15) is 10.4 Å². The van der Waals surface area contributed by atoms with Crippen molar-refractivity contribution in [1.29, 1.82) is 0 Å². The van der Waals surface area contributed by atoms with Crippen LogP contribution in [0.5, 0.6) is 0 Å². The highest BCUT2D eigenvalue weighted by atomic mass is 16.2. The minimum Gasteiger partial charge on any atom is -0.357 e. The highest BCUT2D eigenvalue weighted by molar-refractivity contribution is 5.97. The van der Waals surface area contributed by atoms with Crippen molar-refractivity contribution in [3.8, 4) is 0 Å². The van der Waals surface area contributed by atoms with Crippen LogP contribution >= 0.6 is 0 Å². The maximum Gasteiger partial charge on any atom is 0.257 e. The van der Waals surface area contributed by atoms with Gasteiger partial charge in [0.1, 0.15) is 6.04 Å². The van der Waals surface area contributed by atoms with Crippen LogP contribution in [0.3, 0.4) is 0 Å². The molecule has 7 nitrogen and oxygen atoms in total. The zero-order valence-electron chi connectivity index (χ0n) is 10.5. The van der Waals surface area contributed by atoms with Gasteiger partial charge in [-0.15, -0.1) is 0 Å². The molecule has 0 aliphatic carbocycles. The van der Waals surface area contributed by atoms with Gasteiger partial charge in [-0.3, -0.25) is 14.3 Å². The second kappa shape index (κ2) is 5.18. The third kappa shape index (κ3) is 2.35. The third-order valence-corrected chi connectivity index (χ3v) is 3.01. The standard InChI is InChI=1S/C11H17N5O2/c1-12-10(17)9-6-13-3-4-16(9)11(18)8-5-14-15(2)7-8/h5,7,9,13H,3-4,6H2,1-2H3,(H,12,17). The summed E-state index contributed by atoms with van der Waals surface area (Å²) in [5.74, 6) is -0.308. The lowest BCUT2D eigenvalue weighted by atomic mass is 10.1. The first kappa shape index (κ1) is 12.6. The summed E-state index contributed by atoms with van der Waals surface area (Å²) in [5, 5.41) is 9.67. The van der Waals surface area contributed by atoms with E-state index in [1.165, 1.54) is 6.20 Å². The predicted molar refractivity (Wildman–Crippen MR) is 65.0 cm³/mol. The summed E-state index contributed by atoms with van der Waals surface area (Å²) in [5.41, 5.74) is 0.508. The molecule has 2 rings (SSSR count). The summed E-state index contributed by atoms with van der Waals surface area (Å²) in [6.07, 6.45) is 3.18. The van der Waals surface area contributed by atoms with Gasteiger partial charge in [0.25, 0.3) is 5.91 Å². The van der Waals surface area contributed by atoms with Crippen molar-refractivity contribution in [2.75, 3.05) is 26.7 Å². The number of hydrogen-bond acceptors (Lipinski definition) is 4. The fourth-order valence-corrected chi connectivity index (χ4v) is 2.05. The van der Waals surface area contributed by atoms with Crippen LogP contribution in [0.4, 0.5) is 0 Å². The average molecular weight is 251 g/mol. The van der Waals surface area contributed by atoms with Crippen LogP contribution in [0.25, 0.3) is 0 Å². The zero-order chi connectivity index (χ0) is 13.1. The molecule has 0 aromatic carbocycles. The zero-order valence-corrected chi connectivity index (χ0v) is 10.5. The molecule has 1 aromatic heterocycles. The molecule has 7 heteroatoms. The minimum absolute atomic E-state index is 0.153. The molecule has 0 saturated carbocycles. The topological polar surface area (TPSA) is 79.3 Å². The van der Waals surface area contributed by atoms with Crippen molar-refractivity contribution < 1.29 is 9.59 Å². The maximum atomic E-state index is 12.3. The van der Waals surface area contributed by atoms with Gasteiger partial charge in [0.15, 0.2) is 0 Å². The highest BCUT2D eigenvalue weighted by Crippen LogP contribution is 2.10. The maximum absolute atomic E-state index is 12.3. The lowest BCUT2D eigenvalue weighted by molar-refractivity contribution is -0.125. The molecule has 1 saturated heterocycles. The average Bonchev–Trinajstić information content (AvgIpc) is 2.83. The monoisotopic (exact) mass is 251 g/mol. The second-order valence-electron chi connectivity index (χ2n) is 4.24. The van der Waals surface area contributed by atoms with Crippen molar-refractivity contribution in [1.82, 2.24) is 25.3 Å². The minimum atomic E-state index is -0.462. The normalized spacial score (nSPS) is 19.7. The summed E-state index contributed by atoms with van der Waals surface area (Å²) in [7, 11) is 3.33. The van der Waals surface area contributed by atoms with Crippen molar-refractivity contribution in [3.05, 3.63) is 18.0 Å². The van der Waals surface area contributed by atoms with Gasteiger partial charge in [0.05, 0.1) is 11.8 Å². The first-order valence-electron chi connectivity index (χ1n) is 5.85. The second-order valence-corrected chi connectivity index (χ2v) is 4.24. The number of carbonyl (C=O) groups is 2. The number of amides is 2. The summed E-state index contributed by atoms with van der Waals surface area (Å²) in [6.45, 7) is 1.69. The third-order valence-electron chi connectivity index (χ3n) is 3.01. The molecule has 18 heavy (non-hydrogen) atoms. The Labute approximate surface area is 105 Å². The molecule has 1 aromatic rings. The molecule has 2 amide bonds. The largest absolute Gasteiger partial charge is 0.357 e. The van der Waals surface area contributed by atoms with Gasteiger partial charge in [-0.25, -0.2) is 0 Å². The number of aromatic nitrogens is 2. The molecule has 1 unspecified atom stereocenters. The lowest BCUT2D eigenvalue weighted by Crippen LogP contribution is -2.59. The van der Waals surface area contributed by atoms with Crippen LogP contribution in [0.15, 0.2) is 12.4 Å². The number of rotatable bonds is 2. The van der Waals surface area contributed by atoms with Gasteiger partial charge in [-0.05, 0) is 0 Å². The Hall–Kier alpha value is -1.89. The lowest BCUT2D eigenvalue weighted by Gasteiger charge is -2.34. The van der Waals surface area contributed by atoms with Crippen molar-refractivity contribution in [2.45, 2.75) is 6.04 Å². The molecule has 1 aliphatic rings. The summed E-state index contributed by atoms with van der Waals surface area (Å²) >= 11 is 0. The summed E-state index contributed by atoms with van der Waals surface area (Å²) in [4.78, 5) is 25.7. The fraction of sp³-hybridized carbons (Fsp3) is 0.545. The van der Waals surface area contributed by atoms with E-state index in [2.05, 4.69) is 15.7 Å². The molecule has 1 fully saturated rings. The van der Waals surface area contributed by atoms with E-state index in [0.717, 1.165) is 0 Å². The van der Waals surface area contributed by atoms with E-state index in [1.807, 2.05) is 0 Å². The Balaban J connectivity index is 2.18. The van der Waals surface area contributed by atoms with Crippen molar-refractivity contribution in [2.24, 2.45) is 7.05 Å².